The molecule has 208 valence electrons. The van der Waals surface area contributed by atoms with E-state index in [9.17, 15) is 27.6 Å². The number of carbonyl (C=O) groups excluding carboxylic acids is 1. The number of hydrogen-bond donors (Lipinski definition) is 0. The largest absolute Gasteiger partial charge is 0.416 e. The molecule has 1 aromatic carbocycles. The summed E-state index contributed by atoms with van der Waals surface area (Å²) in [4.78, 5) is 49.5. The maximum atomic E-state index is 13.4. The predicted octanol–water partition coefficient (Wildman–Crippen LogP) is 3.72. The second kappa shape index (κ2) is 10.9. The molecule has 0 saturated carbocycles. The predicted molar refractivity (Wildman–Crippen MR) is 137 cm³/mol. The normalized spacial score (nSPS) is 12.7. The molecule has 0 saturated heterocycles. The molecule has 1 atom stereocenters. The zero-order chi connectivity index (χ0) is 28.5. The fraction of sp³-hybridized carbons (Fsp3) is 0.423. The lowest BCUT2D eigenvalue weighted by molar-refractivity contribution is -0.147. The van der Waals surface area contributed by atoms with Crippen LogP contribution in [0.15, 0.2) is 46.2 Å². The molecule has 13 heteroatoms. The van der Waals surface area contributed by atoms with Crippen LogP contribution in [0.5, 0.6) is 0 Å². The van der Waals surface area contributed by atoms with Crippen molar-refractivity contribution >= 4 is 17.1 Å². The van der Waals surface area contributed by atoms with E-state index in [1.54, 1.807) is 19.9 Å². The number of carbonyl (C=O) groups is 1. The topological polar surface area (TPSA) is 106 Å². The number of fused-ring (bicyclic) bond motifs is 1. The van der Waals surface area contributed by atoms with Crippen LogP contribution in [-0.4, -0.2) is 34.6 Å². The van der Waals surface area contributed by atoms with E-state index >= 15 is 0 Å². The Bertz CT molecular complexity index is 1630. The number of nitrogens with zero attached hydrogens (tertiary/aromatic N) is 6. The number of rotatable bonds is 9. The number of hydrogen-bond acceptors (Lipinski definition) is 6. The van der Waals surface area contributed by atoms with E-state index in [1.807, 2.05) is 13.8 Å². The minimum atomic E-state index is -4.48. The lowest BCUT2D eigenvalue weighted by atomic mass is 10.1. The molecule has 4 rings (SSSR count). The zero-order valence-corrected chi connectivity index (χ0v) is 22.0. The van der Waals surface area contributed by atoms with Gasteiger partial charge in [-0.25, -0.2) is 14.6 Å². The summed E-state index contributed by atoms with van der Waals surface area (Å²) >= 11 is 0. The molecular formula is C26H29F3N6O4. The summed E-state index contributed by atoms with van der Waals surface area (Å²) in [6.07, 6.45) is -0.527. The van der Waals surface area contributed by atoms with Crippen molar-refractivity contribution in [3.63, 3.8) is 0 Å². The molecule has 3 heterocycles. The number of imidazole rings is 1. The number of aryl methyl sites for hydroxylation is 1. The van der Waals surface area contributed by atoms with Crippen LogP contribution in [0.2, 0.25) is 0 Å². The van der Waals surface area contributed by atoms with E-state index in [4.69, 9.17) is 4.84 Å². The quantitative estimate of drug-likeness (QED) is 0.317. The van der Waals surface area contributed by atoms with Crippen LogP contribution in [0, 0.1) is 5.92 Å². The molecule has 0 aliphatic heterocycles. The average Bonchev–Trinajstić information content (AvgIpc) is 3.50. The molecule has 1 unspecified atom stereocenters. The van der Waals surface area contributed by atoms with Crippen LogP contribution in [0.1, 0.15) is 51.7 Å². The molecule has 39 heavy (non-hydrogen) atoms. The van der Waals surface area contributed by atoms with Gasteiger partial charge in [-0.2, -0.15) is 18.3 Å². The third kappa shape index (κ3) is 5.38. The average molecular weight is 547 g/mol. The molecule has 0 amide bonds. The molecule has 0 fully saturated rings. The Morgan fingerprint density at radius 1 is 1.13 bits per heavy atom. The highest BCUT2D eigenvalue weighted by molar-refractivity contribution is 5.79. The van der Waals surface area contributed by atoms with Crippen molar-refractivity contribution in [2.45, 2.75) is 66.3 Å². The lowest BCUT2D eigenvalue weighted by Gasteiger charge is -2.13. The third-order valence-electron chi connectivity index (χ3n) is 6.43. The van der Waals surface area contributed by atoms with Crippen molar-refractivity contribution in [1.82, 2.24) is 28.6 Å². The van der Waals surface area contributed by atoms with Gasteiger partial charge < -0.3 is 4.84 Å². The van der Waals surface area contributed by atoms with Crippen molar-refractivity contribution in [1.29, 1.82) is 0 Å². The van der Waals surface area contributed by atoms with Gasteiger partial charge in [-0.05, 0) is 37.5 Å². The Balaban J connectivity index is 1.86. The van der Waals surface area contributed by atoms with Gasteiger partial charge in [-0.15, -0.1) is 4.73 Å². The van der Waals surface area contributed by atoms with Gasteiger partial charge >= 0.3 is 17.8 Å². The highest BCUT2D eigenvalue weighted by Gasteiger charge is 2.30. The molecule has 4 aromatic rings. The Labute approximate surface area is 221 Å². The molecule has 0 aliphatic carbocycles. The SMILES string of the molecule is CCCn1c(=O)c2c(nc(-c3cnn(Cc4cccc(C(F)(F)F)c4)c3)n2OC(=O)C(C)CC)n(CC)c1=O. The first-order valence-electron chi connectivity index (χ1n) is 12.7. The standard InChI is InChI=1S/C26H29F3N6O4/c1-5-11-34-23(36)20-22(33(7-3)25(34)38)31-21(35(20)39-24(37)16(4)6-2)18-13-30-32(15-18)14-17-9-8-10-19(12-17)26(27,28)29/h8-10,12-13,15-16H,5-7,11,14H2,1-4H3. The van der Waals surface area contributed by atoms with Gasteiger partial charge in [-0.3, -0.25) is 18.6 Å². The zero-order valence-electron chi connectivity index (χ0n) is 22.0. The first kappa shape index (κ1) is 27.9. The van der Waals surface area contributed by atoms with Crippen LogP contribution >= 0.6 is 0 Å². The van der Waals surface area contributed by atoms with Crippen molar-refractivity contribution in [2.24, 2.45) is 5.92 Å². The van der Waals surface area contributed by atoms with Crippen LogP contribution in [0.3, 0.4) is 0 Å². The molecular weight excluding hydrogens is 517 g/mol. The van der Waals surface area contributed by atoms with E-state index in [-0.39, 0.29) is 36.6 Å². The maximum Gasteiger partial charge on any atom is 0.416 e. The highest BCUT2D eigenvalue weighted by Crippen LogP contribution is 2.30. The maximum absolute atomic E-state index is 13.4. The molecule has 3 aromatic heterocycles. The Morgan fingerprint density at radius 3 is 2.51 bits per heavy atom. The first-order chi connectivity index (χ1) is 18.5. The van der Waals surface area contributed by atoms with Gasteiger partial charge in [0.15, 0.2) is 17.0 Å². The van der Waals surface area contributed by atoms with Gasteiger partial charge in [0, 0.05) is 19.3 Å². The highest BCUT2D eigenvalue weighted by atomic mass is 19.4. The molecule has 0 N–H and O–H groups in total. The van der Waals surface area contributed by atoms with E-state index < -0.39 is 34.9 Å². The van der Waals surface area contributed by atoms with Gasteiger partial charge in [0.2, 0.25) is 0 Å². The number of benzene rings is 1. The van der Waals surface area contributed by atoms with E-state index in [0.29, 0.717) is 24.0 Å². The first-order valence-corrected chi connectivity index (χ1v) is 12.7. The van der Waals surface area contributed by atoms with Gasteiger partial charge in [-0.1, -0.05) is 32.9 Å². The van der Waals surface area contributed by atoms with Gasteiger partial charge in [0.25, 0.3) is 5.56 Å². The van der Waals surface area contributed by atoms with E-state index in [0.717, 1.165) is 21.4 Å². The van der Waals surface area contributed by atoms with Crippen LogP contribution in [0.25, 0.3) is 22.6 Å². The fourth-order valence-corrected chi connectivity index (χ4v) is 4.14. The van der Waals surface area contributed by atoms with Crippen LogP contribution in [-0.2, 0) is 30.6 Å². The second-order valence-electron chi connectivity index (χ2n) is 9.23. The Morgan fingerprint density at radius 2 is 1.87 bits per heavy atom. The summed E-state index contributed by atoms with van der Waals surface area (Å²) < 4.78 is 44.3. The minimum absolute atomic E-state index is 0.0276. The van der Waals surface area contributed by atoms with Crippen molar-refractivity contribution in [3.05, 3.63) is 68.6 Å². The van der Waals surface area contributed by atoms with Crippen molar-refractivity contribution in [2.75, 3.05) is 0 Å². The van der Waals surface area contributed by atoms with E-state index in [1.165, 1.54) is 27.7 Å². The van der Waals surface area contributed by atoms with Gasteiger partial charge in [0.05, 0.1) is 29.8 Å². The van der Waals surface area contributed by atoms with Crippen molar-refractivity contribution < 1.29 is 22.8 Å². The number of aromatic nitrogens is 6. The molecule has 0 aliphatic rings. The fourth-order valence-electron chi connectivity index (χ4n) is 4.14. The summed E-state index contributed by atoms with van der Waals surface area (Å²) in [5.41, 5.74) is -1.24. The molecule has 10 nitrogen and oxygen atoms in total. The van der Waals surface area contributed by atoms with Crippen LogP contribution in [0.4, 0.5) is 13.2 Å². The second-order valence-corrected chi connectivity index (χ2v) is 9.23. The molecule has 0 radical (unpaired) electrons. The Hall–Kier alpha value is -4.16. The Kier molecular flexibility index (Phi) is 7.79. The minimum Gasteiger partial charge on any atom is -0.334 e. The number of alkyl halides is 3. The van der Waals surface area contributed by atoms with Crippen LogP contribution < -0.4 is 16.1 Å². The summed E-state index contributed by atoms with van der Waals surface area (Å²) in [5, 5.41) is 4.24. The monoisotopic (exact) mass is 546 g/mol. The number of halogens is 3. The third-order valence-corrected chi connectivity index (χ3v) is 6.43. The van der Waals surface area contributed by atoms with Crippen molar-refractivity contribution in [3.8, 4) is 11.4 Å². The summed E-state index contributed by atoms with van der Waals surface area (Å²) in [7, 11) is 0. The summed E-state index contributed by atoms with van der Waals surface area (Å²) in [6.45, 7) is 7.48. The smallest absolute Gasteiger partial charge is 0.334 e. The summed E-state index contributed by atoms with van der Waals surface area (Å²) in [5.74, 6) is -1.01. The molecule has 0 bridgehead atoms. The van der Waals surface area contributed by atoms with Gasteiger partial charge in [0.1, 0.15) is 0 Å². The lowest BCUT2D eigenvalue weighted by Crippen LogP contribution is -2.41. The molecule has 0 spiro atoms. The van der Waals surface area contributed by atoms with E-state index in [2.05, 4.69) is 10.1 Å². The summed E-state index contributed by atoms with van der Waals surface area (Å²) in [6, 6.07) is 4.91.